The van der Waals surface area contributed by atoms with Crippen molar-refractivity contribution in [3.63, 3.8) is 0 Å². The van der Waals surface area contributed by atoms with Crippen LogP contribution in [0.2, 0.25) is 0 Å². The molecule has 0 spiro atoms. The summed E-state index contributed by atoms with van der Waals surface area (Å²) in [7, 11) is 0. The highest BCUT2D eigenvalue weighted by Gasteiger charge is 2.26. The maximum absolute atomic E-state index is 12.7. The average Bonchev–Trinajstić information content (AvgIpc) is 2.98. The number of hydrogen-bond donors (Lipinski definition) is 1. The summed E-state index contributed by atoms with van der Waals surface area (Å²) in [5, 5.41) is 7.15. The molecule has 0 fully saturated rings. The van der Waals surface area contributed by atoms with Gasteiger partial charge in [0.15, 0.2) is 0 Å². The van der Waals surface area contributed by atoms with Gasteiger partial charge in [0.2, 0.25) is 0 Å². The highest BCUT2D eigenvalue weighted by atomic mass is 16.5. The third-order valence-corrected chi connectivity index (χ3v) is 4.64. The number of nitrogens with one attached hydrogen (secondary N) is 1. The van der Waals surface area contributed by atoms with Gasteiger partial charge in [0.1, 0.15) is 11.8 Å². The Labute approximate surface area is 137 Å². The molecule has 1 amide bonds. The van der Waals surface area contributed by atoms with Crippen molar-refractivity contribution < 1.29 is 9.32 Å². The predicted octanol–water partition coefficient (Wildman–Crippen LogP) is 4.22. The number of aromatic nitrogens is 1. The summed E-state index contributed by atoms with van der Waals surface area (Å²) in [4.78, 5) is 12.7. The second-order valence-corrected chi connectivity index (χ2v) is 6.84. The zero-order valence-electron chi connectivity index (χ0n) is 14.3. The van der Waals surface area contributed by atoms with Gasteiger partial charge in [0.25, 0.3) is 5.91 Å². The Morgan fingerprint density at radius 1 is 1.35 bits per heavy atom. The molecule has 0 saturated carbocycles. The monoisotopic (exact) mass is 312 g/mol. The highest BCUT2D eigenvalue weighted by Crippen LogP contribution is 2.33. The maximum Gasteiger partial charge on any atom is 0.257 e. The molecule has 1 atom stereocenters. The fourth-order valence-electron chi connectivity index (χ4n) is 3.54. The van der Waals surface area contributed by atoms with Crippen molar-refractivity contribution >= 4 is 5.91 Å². The van der Waals surface area contributed by atoms with Crippen molar-refractivity contribution in [2.24, 2.45) is 0 Å². The maximum atomic E-state index is 12.7. The van der Waals surface area contributed by atoms with Crippen molar-refractivity contribution in [3.8, 4) is 0 Å². The molecule has 0 aliphatic heterocycles. The standard InChI is InChI=1S/C19H24N2O2/c1-11(2)18-16(10-23-21-18)19(22)20-17-7-5-6-14-13(4)8-12(3)9-15(14)17/h8-11,17H,5-7H2,1-4H3,(H,20,22). The van der Waals surface area contributed by atoms with Gasteiger partial charge in [-0.25, -0.2) is 0 Å². The molecule has 23 heavy (non-hydrogen) atoms. The largest absolute Gasteiger partial charge is 0.364 e. The number of benzene rings is 1. The zero-order valence-corrected chi connectivity index (χ0v) is 14.3. The van der Waals surface area contributed by atoms with Gasteiger partial charge >= 0.3 is 0 Å². The lowest BCUT2D eigenvalue weighted by Gasteiger charge is -2.28. The molecule has 1 aromatic carbocycles. The molecule has 4 nitrogen and oxygen atoms in total. The van der Waals surface area contributed by atoms with Crippen molar-refractivity contribution in [3.05, 3.63) is 51.9 Å². The van der Waals surface area contributed by atoms with Crippen LogP contribution < -0.4 is 5.32 Å². The molecule has 0 radical (unpaired) electrons. The van der Waals surface area contributed by atoms with E-state index >= 15 is 0 Å². The fraction of sp³-hybridized carbons (Fsp3) is 0.474. The number of fused-ring (bicyclic) bond motifs is 1. The van der Waals surface area contributed by atoms with E-state index < -0.39 is 0 Å². The Morgan fingerprint density at radius 2 is 2.13 bits per heavy atom. The Morgan fingerprint density at radius 3 is 2.87 bits per heavy atom. The SMILES string of the molecule is Cc1cc(C)c2c(c1)C(NC(=O)c1conc1C(C)C)CCC2. The van der Waals surface area contributed by atoms with E-state index in [2.05, 4.69) is 36.5 Å². The first-order valence-corrected chi connectivity index (χ1v) is 8.32. The second-order valence-electron chi connectivity index (χ2n) is 6.84. The van der Waals surface area contributed by atoms with E-state index in [4.69, 9.17) is 4.52 Å². The number of nitrogens with zero attached hydrogens (tertiary/aromatic N) is 1. The smallest absolute Gasteiger partial charge is 0.257 e. The van der Waals surface area contributed by atoms with Crippen LogP contribution in [0.25, 0.3) is 0 Å². The molecule has 2 aromatic rings. The second kappa shape index (κ2) is 6.19. The molecule has 0 saturated heterocycles. The van der Waals surface area contributed by atoms with E-state index in [0.717, 1.165) is 25.0 Å². The predicted molar refractivity (Wildman–Crippen MR) is 89.7 cm³/mol. The summed E-state index contributed by atoms with van der Waals surface area (Å²) in [6.07, 6.45) is 4.63. The number of amides is 1. The first-order chi connectivity index (χ1) is 11.0. The summed E-state index contributed by atoms with van der Waals surface area (Å²) < 4.78 is 5.01. The summed E-state index contributed by atoms with van der Waals surface area (Å²) in [5.74, 6) is 0.0737. The Hall–Kier alpha value is -2.10. The Kier molecular flexibility index (Phi) is 4.24. The first kappa shape index (κ1) is 15.8. The highest BCUT2D eigenvalue weighted by molar-refractivity contribution is 5.95. The van der Waals surface area contributed by atoms with Gasteiger partial charge in [0, 0.05) is 0 Å². The number of rotatable bonds is 3. The lowest BCUT2D eigenvalue weighted by molar-refractivity contribution is 0.0931. The molecular weight excluding hydrogens is 288 g/mol. The molecule has 1 unspecified atom stereocenters. The lowest BCUT2D eigenvalue weighted by atomic mass is 9.84. The van der Waals surface area contributed by atoms with Gasteiger partial charge in [-0.3, -0.25) is 4.79 Å². The zero-order chi connectivity index (χ0) is 16.6. The van der Waals surface area contributed by atoms with E-state index in [1.54, 1.807) is 0 Å². The summed E-state index contributed by atoms with van der Waals surface area (Å²) >= 11 is 0. The third-order valence-electron chi connectivity index (χ3n) is 4.64. The quantitative estimate of drug-likeness (QED) is 0.923. The van der Waals surface area contributed by atoms with Gasteiger partial charge in [-0.1, -0.05) is 36.7 Å². The van der Waals surface area contributed by atoms with Crippen LogP contribution >= 0.6 is 0 Å². The van der Waals surface area contributed by atoms with Gasteiger partial charge < -0.3 is 9.84 Å². The molecule has 1 aliphatic carbocycles. The normalized spacial score (nSPS) is 17.2. The Balaban J connectivity index is 1.88. The fourth-order valence-corrected chi connectivity index (χ4v) is 3.54. The van der Waals surface area contributed by atoms with Crippen LogP contribution in [0.4, 0.5) is 0 Å². The van der Waals surface area contributed by atoms with Crippen LogP contribution in [0.1, 0.15) is 77.0 Å². The minimum atomic E-state index is -0.0908. The number of carbonyl (C=O) groups is 1. The van der Waals surface area contributed by atoms with Gasteiger partial charge in [-0.05, 0) is 55.7 Å². The molecule has 1 aromatic heterocycles. The van der Waals surface area contributed by atoms with Crippen LogP contribution in [-0.2, 0) is 6.42 Å². The first-order valence-electron chi connectivity index (χ1n) is 8.32. The van der Waals surface area contributed by atoms with Crippen molar-refractivity contribution in [2.45, 2.75) is 58.9 Å². The third kappa shape index (κ3) is 3.03. The summed E-state index contributed by atoms with van der Waals surface area (Å²) in [6.45, 7) is 8.29. The molecule has 4 heteroatoms. The molecule has 1 heterocycles. The summed E-state index contributed by atoms with van der Waals surface area (Å²) in [6, 6.07) is 4.50. The van der Waals surface area contributed by atoms with Crippen LogP contribution in [-0.4, -0.2) is 11.1 Å². The Bertz CT molecular complexity index is 731. The summed E-state index contributed by atoms with van der Waals surface area (Å²) in [5.41, 5.74) is 6.50. The molecule has 1 aliphatic rings. The van der Waals surface area contributed by atoms with Crippen LogP contribution in [0.5, 0.6) is 0 Å². The molecule has 122 valence electrons. The van der Waals surface area contributed by atoms with E-state index in [0.29, 0.717) is 5.56 Å². The lowest BCUT2D eigenvalue weighted by Crippen LogP contribution is -2.31. The molecule has 0 bridgehead atoms. The van der Waals surface area contributed by atoms with Crippen molar-refractivity contribution in [2.75, 3.05) is 0 Å². The van der Waals surface area contributed by atoms with E-state index in [1.807, 2.05) is 13.8 Å². The van der Waals surface area contributed by atoms with Gasteiger partial charge in [-0.15, -0.1) is 0 Å². The topological polar surface area (TPSA) is 55.1 Å². The van der Waals surface area contributed by atoms with E-state index in [9.17, 15) is 4.79 Å². The minimum absolute atomic E-state index is 0.0692. The number of carbonyl (C=O) groups excluding carboxylic acids is 1. The van der Waals surface area contributed by atoms with Gasteiger partial charge in [-0.2, -0.15) is 0 Å². The van der Waals surface area contributed by atoms with Gasteiger partial charge in [0.05, 0.1) is 11.7 Å². The van der Waals surface area contributed by atoms with Crippen molar-refractivity contribution in [1.29, 1.82) is 0 Å². The van der Waals surface area contributed by atoms with Crippen molar-refractivity contribution in [1.82, 2.24) is 10.5 Å². The molecular formula is C19H24N2O2. The van der Waals surface area contributed by atoms with E-state index in [-0.39, 0.29) is 17.9 Å². The molecule has 3 rings (SSSR count). The number of hydrogen-bond acceptors (Lipinski definition) is 3. The van der Waals surface area contributed by atoms with Crippen LogP contribution in [0.15, 0.2) is 22.9 Å². The van der Waals surface area contributed by atoms with Crippen LogP contribution in [0.3, 0.4) is 0 Å². The van der Waals surface area contributed by atoms with E-state index in [1.165, 1.54) is 28.5 Å². The number of aryl methyl sites for hydroxylation is 2. The minimum Gasteiger partial charge on any atom is -0.364 e. The van der Waals surface area contributed by atoms with Crippen LogP contribution in [0, 0.1) is 13.8 Å². The average molecular weight is 312 g/mol. The molecule has 1 N–H and O–H groups in total.